The van der Waals surface area contributed by atoms with Gasteiger partial charge in [0.2, 0.25) is 17.7 Å². The minimum atomic E-state index is -3.68. The van der Waals surface area contributed by atoms with Gasteiger partial charge in [-0.05, 0) is 187 Å². The van der Waals surface area contributed by atoms with Gasteiger partial charge in [0.25, 0.3) is 0 Å². The first-order valence-corrected chi connectivity index (χ1v) is 44.8. The monoisotopic (exact) mass is 1750 g/mol. The van der Waals surface area contributed by atoms with Crippen LogP contribution in [0, 0.1) is 31.6 Å². The van der Waals surface area contributed by atoms with Gasteiger partial charge in [0.1, 0.15) is 96.5 Å². The second-order valence-corrected chi connectivity index (χ2v) is 39.3. The fourth-order valence-corrected chi connectivity index (χ4v) is 17.2. The number of nitrogen functional groups attached to an aromatic ring is 1. The van der Waals surface area contributed by atoms with Crippen LogP contribution < -0.4 is 21.7 Å². The van der Waals surface area contributed by atoms with Crippen LogP contribution in [0.1, 0.15) is 164 Å². The molecule has 120 heavy (non-hydrogen) atoms. The lowest BCUT2D eigenvalue weighted by Gasteiger charge is -2.25. The molecule has 8 atom stereocenters. The Kier molecular flexibility index (Phi) is 25.9. The minimum Gasteiger partial charge on any atom is -0.481 e. The van der Waals surface area contributed by atoms with Gasteiger partial charge in [0.15, 0.2) is 40.8 Å². The number of sulfone groups is 3. The summed E-state index contributed by atoms with van der Waals surface area (Å²) in [5.41, 5.74) is 14.9. The molecule has 0 spiro atoms. The van der Waals surface area contributed by atoms with Crippen molar-refractivity contribution < 1.29 is 81.6 Å². The summed E-state index contributed by atoms with van der Waals surface area (Å²) in [7, 11) is -10.9. The number of hydrogen-bond donors (Lipinski definition) is 5. The number of carbonyl (C=O) groups is 3. The maximum Gasteiger partial charge on any atom is 0.309 e. The number of rotatable bonds is 21. The van der Waals surface area contributed by atoms with E-state index in [0.29, 0.717) is 165 Å². The van der Waals surface area contributed by atoms with E-state index >= 15 is 0 Å². The number of Topliss-reactive ketones (excluding diaryl/α,β-unsaturated/α-hetero) is 2. The first-order chi connectivity index (χ1) is 55.5. The summed E-state index contributed by atoms with van der Waals surface area (Å²) >= 11 is 0. The van der Waals surface area contributed by atoms with E-state index in [1.807, 2.05) is 71.4 Å². The number of carboxylic acids is 1. The number of anilines is 7. The number of aryl methyl sites for hydroxylation is 2. The molecular formula is C82H100F3N15O15S5. The van der Waals surface area contributed by atoms with E-state index in [0.717, 1.165) is 62.6 Å². The SMILES string of the molecule is CC1=Nc2c(Nc3ccc(C4=NC(C)(C)CO4)cc3S(C)(=O)=O)cc(CC(=O)[C@@H]3C[C@@H]3F)nc2C1.Cc1nc2c(Nc3ccc(C4=NC(C)(C)CO4)cc3S(C)(=O)=O)cc(CC(=O)[C@@H]3C[C@@H]3F)nc2n1C1CCCCO1.Cc1nc2c(Nc3ccc(C4=NC(C)(C)CO4)cc3S(C)(=O)=O)cc(N)nc2n1C1CCCCO1.O=C(O)[C@@H]1C[C@@H]1F.S.S. The summed E-state index contributed by atoms with van der Waals surface area (Å²) in [5.74, 6) is -0.222. The third kappa shape index (κ3) is 20.6. The van der Waals surface area contributed by atoms with Crippen molar-refractivity contribution in [1.82, 2.24) is 34.1 Å². The van der Waals surface area contributed by atoms with Crippen molar-refractivity contribution in [2.75, 3.05) is 73.5 Å². The minimum absolute atomic E-state index is 0. The van der Waals surface area contributed by atoms with Gasteiger partial charge >= 0.3 is 5.97 Å². The van der Waals surface area contributed by atoms with Crippen molar-refractivity contribution in [2.45, 2.75) is 202 Å². The molecule has 6 aliphatic heterocycles. The van der Waals surface area contributed by atoms with E-state index in [-0.39, 0.29) is 109 Å². The van der Waals surface area contributed by atoms with Crippen LogP contribution >= 0.6 is 27.0 Å². The molecule has 17 rings (SSSR count). The van der Waals surface area contributed by atoms with Crippen molar-refractivity contribution in [3.05, 3.63) is 118 Å². The van der Waals surface area contributed by atoms with Crippen LogP contribution in [-0.2, 0) is 86.8 Å². The summed E-state index contributed by atoms with van der Waals surface area (Å²) in [6, 6.07) is 20.1. The highest BCUT2D eigenvalue weighted by Crippen LogP contribution is 2.44. The first-order valence-electron chi connectivity index (χ1n) is 39.1. The van der Waals surface area contributed by atoms with Gasteiger partial charge < -0.3 is 50.5 Å². The van der Waals surface area contributed by atoms with Gasteiger partial charge in [-0.3, -0.25) is 33.5 Å². The molecule has 0 radical (unpaired) electrons. The number of aliphatic carboxylic acids is 1. The second-order valence-electron chi connectivity index (χ2n) is 33.4. The molecular weight excluding hydrogens is 1650 g/mol. The highest BCUT2D eigenvalue weighted by atomic mass is 32.2. The third-order valence-electron chi connectivity index (χ3n) is 21.0. The largest absolute Gasteiger partial charge is 0.481 e. The number of hydrogen-bond acceptors (Lipinski definition) is 27. The third-order valence-corrected chi connectivity index (χ3v) is 24.4. The van der Waals surface area contributed by atoms with Crippen LogP contribution in [0.3, 0.4) is 0 Å². The van der Waals surface area contributed by atoms with Crippen LogP contribution in [0.25, 0.3) is 22.3 Å². The van der Waals surface area contributed by atoms with Crippen molar-refractivity contribution in [1.29, 1.82) is 0 Å². The maximum absolute atomic E-state index is 13.6. The summed E-state index contributed by atoms with van der Waals surface area (Å²) in [5, 5.41) is 17.7. The van der Waals surface area contributed by atoms with Gasteiger partial charge in [-0.15, -0.1) is 0 Å². The highest BCUT2D eigenvalue weighted by Gasteiger charge is 2.46. The van der Waals surface area contributed by atoms with E-state index < -0.39 is 77.3 Å². The number of ether oxygens (including phenoxy) is 5. The van der Waals surface area contributed by atoms with Crippen LogP contribution in [0.5, 0.6) is 0 Å². The molecule has 0 bridgehead atoms. The number of aromatic nitrogens is 7. The molecule has 9 aliphatic rings. The molecule has 11 heterocycles. The molecule has 5 aromatic heterocycles. The Bertz CT molecular complexity index is 5890. The number of benzene rings is 3. The van der Waals surface area contributed by atoms with Crippen LogP contribution in [-0.4, -0.2) is 192 Å². The second kappa shape index (κ2) is 34.7. The molecule has 3 aliphatic carbocycles. The number of aliphatic imine (C=N–C) groups is 4. The van der Waals surface area contributed by atoms with Crippen LogP contribution in [0.15, 0.2) is 107 Å². The maximum atomic E-state index is 13.6. The number of nitrogens with one attached hydrogen (secondary N) is 3. The summed E-state index contributed by atoms with van der Waals surface area (Å²) in [4.78, 5) is 76.8. The number of fused-ring (bicyclic) bond motifs is 3. The van der Waals surface area contributed by atoms with E-state index in [1.54, 1.807) is 72.8 Å². The van der Waals surface area contributed by atoms with Gasteiger partial charge in [-0.2, -0.15) is 27.0 Å². The van der Waals surface area contributed by atoms with Crippen LogP contribution in [0.4, 0.5) is 58.8 Å². The Balaban J connectivity index is 0.000000157. The molecule has 5 fully saturated rings. The lowest BCUT2D eigenvalue weighted by Crippen LogP contribution is -2.19. The van der Waals surface area contributed by atoms with Gasteiger partial charge in [-0.25, -0.2) is 73.3 Å². The Morgan fingerprint density at radius 3 is 1.22 bits per heavy atom. The van der Waals surface area contributed by atoms with E-state index in [1.165, 1.54) is 6.26 Å². The molecule has 38 heteroatoms. The summed E-state index contributed by atoms with van der Waals surface area (Å²) in [6.45, 7) is 19.9. The Morgan fingerprint density at radius 1 is 0.508 bits per heavy atom. The summed E-state index contributed by atoms with van der Waals surface area (Å²) in [6.07, 6.45) is 6.85. The lowest BCUT2D eigenvalue weighted by molar-refractivity contribution is -0.139. The Hall–Kier alpha value is -9.60. The number of alkyl halides is 3. The highest BCUT2D eigenvalue weighted by molar-refractivity contribution is 7.91. The number of carboxylic acid groups (broad SMARTS) is 1. The van der Waals surface area contributed by atoms with Crippen molar-refractivity contribution in [3.8, 4) is 0 Å². The molecule has 3 saturated carbocycles. The number of halogens is 3. The molecule has 6 N–H and O–H groups in total. The number of nitrogens with two attached hydrogens (primary N) is 1. The molecule has 2 unspecified atom stereocenters. The van der Waals surface area contributed by atoms with E-state index in [4.69, 9.17) is 49.5 Å². The quantitative estimate of drug-likeness (QED) is 0.0446. The summed E-state index contributed by atoms with van der Waals surface area (Å²) < 4.78 is 148. The first kappa shape index (κ1) is 89.7. The number of carbonyl (C=O) groups excluding carboxylic acids is 2. The molecule has 2 saturated heterocycles. The molecule has 0 amide bonds. The van der Waals surface area contributed by atoms with E-state index in [9.17, 15) is 52.8 Å². The van der Waals surface area contributed by atoms with E-state index in [2.05, 4.69) is 45.9 Å². The van der Waals surface area contributed by atoms with Gasteiger partial charge in [0, 0.05) is 79.7 Å². The number of nitrogens with zero attached hydrogens (tertiary/aromatic N) is 11. The van der Waals surface area contributed by atoms with Crippen molar-refractivity contribution in [3.63, 3.8) is 0 Å². The lowest BCUT2D eigenvalue weighted by atomic mass is 10.1. The molecule has 30 nitrogen and oxygen atoms in total. The average molecular weight is 1750 g/mol. The normalized spacial score (nSPS) is 22.6. The van der Waals surface area contributed by atoms with Crippen LogP contribution in [0.2, 0.25) is 0 Å². The van der Waals surface area contributed by atoms with Crippen molar-refractivity contribution in [2.24, 2.45) is 37.7 Å². The topological polar surface area (TPSA) is 406 Å². The average Bonchev–Trinajstić information content (AvgIpc) is 1.60. The fraction of sp³-hybridized carbons (Fsp3) is 0.488. The molecule has 3 aromatic carbocycles. The Morgan fingerprint density at radius 2 is 0.875 bits per heavy atom. The number of imidazole rings is 2. The Labute approximate surface area is 707 Å². The number of ketones is 2. The fourth-order valence-electron chi connectivity index (χ4n) is 14.7. The predicted octanol–water partition coefficient (Wildman–Crippen LogP) is 12.9. The molecule has 8 aromatic rings. The standard InChI is InChI=1S/C29H34FN5O5S.C25H27FN4O4S.C24H30N6O4S.C4H5FO2.2H2S/c1-16-31-26-22(33-21-9-8-17(11-24(21)41(4,37)38)28-34-29(2,3)15-40-28)12-18(13-23(36)19-14-20(19)30)32-27(26)35(16)25-7-5-6-10-39-25;1-13-7-19-23(27-13)20(9-15(28-19)10-21(31)16-11-17(16)26)29-18-6-5-14(8-22(18)35(4,32)33)24-30-25(2,3)12-34-24;1-14-26-21-17(12-19(25)28-22(21)30(14)20-7-5-6-10-33-20)27-16-9-8-15(11-18(16)35(4,31)32)23-29-24(2,3)13-34-23;5-3-1-2(3)4(6)7;;/h8-9,11-12,19-20,25H,5-7,10,13-15H2,1-4H3,(H,32,33);5-6,8-9,16-17H,7,10-12H2,1-4H3,(H,28,29);8-9,11-12,20H,5-7,10,13H2,1-4H3,(H3,25,27,28);2-3H,1H2,(H,6,7);2*1H2/t19-,20+,25?;16-,17+;;2-,3+;;/m11.1../s1. The smallest absolute Gasteiger partial charge is 0.309 e. The zero-order valence-corrected chi connectivity index (χ0v) is 73.0. The van der Waals surface area contributed by atoms with Crippen molar-refractivity contribution >= 4 is 165 Å². The van der Waals surface area contributed by atoms with Gasteiger partial charge in [-0.1, -0.05) is 0 Å². The zero-order chi connectivity index (χ0) is 84.6. The predicted molar refractivity (Wildman–Crippen MR) is 460 cm³/mol. The zero-order valence-electron chi connectivity index (χ0n) is 68.6. The molecule has 644 valence electrons. The van der Waals surface area contributed by atoms with Gasteiger partial charge in [0.05, 0.1) is 100 Å². The number of pyridine rings is 3.